The van der Waals surface area contributed by atoms with Crippen LogP contribution in [0.4, 0.5) is 18.9 Å². The van der Waals surface area contributed by atoms with Gasteiger partial charge in [0.2, 0.25) is 5.91 Å². The van der Waals surface area contributed by atoms with Crippen molar-refractivity contribution < 1.29 is 47.3 Å². The van der Waals surface area contributed by atoms with Crippen molar-refractivity contribution in [1.29, 1.82) is 5.41 Å². The van der Waals surface area contributed by atoms with E-state index in [1.165, 1.54) is 4.90 Å². The van der Waals surface area contributed by atoms with Gasteiger partial charge >= 0.3 is 6.36 Å². The third kappa shape index (κ3) is 3.24. The molecule has 12 nitrogen and oxygen atoms in total. The number of carbonyl (C=O) groups excluding carboxylic acids is 4. The van der Waals surface area contributed by atoms with E-state index in [9.17, 15) is 42.6 Å². The Morgan fingerprint density at radius 2 is 1.95 bits per heavy atom. The average Bonchev–Trinajstić information content (AvgIpc) is 3.43. The minimum Gasteiger partial charge on any atom is -0.505 e. The largest absolute Gasteiger partial charge is 0.573 e. The van der Waals surface area contributed by atoms with Crippen LogP contribution in [0.2, 0.25) is 0 Å². The highest BCUT2D eigenvalue weighted by molar-refractivity contribution is 6.35. The quantitative estimate of drug-likeness (QED) is 0.185. The smallest absolute Gasteiger partial charge is 0.505 e. The van der Waals surface area contributed by atoms with Gasteiger partial charge in [0.1, 0.15) is 17.4 Å². The van der Waals surface area contributed by atoms with E-state index in [1.54, 1.807) is 14.0 Å². The number of benzene rings is 1. The summed E-state index contributed by atoms with van der Waals surface area (Å²) in [5, 5.41) is 35.0. The Balaban J connectivity index is 1.42. The van der Waals surface area contributed by atoms with E-state index in [-0.39, 0.29) is 42.1 Å². The van der Waals surface area contributed by atoms with E-state index in [0.717, 1.165) is 0 Å². The molecule has 230 valence electrons. The van der Waals surface area contributed by atoms with Crippen molar-refractivity contribution >= 4 is 34.7 Å². The van der Waals surface area contributed by atoms with Crippen molar-refractivity contribution in [3.05, 3.63) is 16.7 Å². The van der Waals surface area contributed by atoms with Gasteiger partial charge in [-0.3, -0.25) is 29.0 Å². The molecule has 0 bridgehead atoms. The van der Waals surface area contributed by atoms with Crippen molar-refractivity contribution in [2.45, 2.75) is 55.8 Å². The summed E-state index contributed by atoms with van der Waals surface area (Å²) in [5.41, 5.74) is -0.575. The summed E-state index contributed by atoms with van der Waals surface area (Å²) in [6, 6.07) is -1.67. The van der Waals surface area contributed by atoms with Gasteiger partial charge in [0.25, 0.3) is 0 Å². The summed E-state index contributed by atoms with van der Waals surface area (Å²) >= 11 is 0. The Kier molecular flexibility index (Phi) is 5.60. The molecule has 2 saturated carbocycles. The molecule has 3 heterocycles. The molecule has 3 aliphatic heterocycles. The molecular formula is C28H30F3N5O7. The van der Waals surface area contributed by atoms with Gasteiger partial charge in [-0.05, 0) is 51.2 Å². The standard InChI is InChI=1S/C28H30F3N5O7/c1-3-36-23-20(39)15(25(33)41)22(32)27(42)24(40)12-10(7-26(23,27)36)6-11-13(18(12)37)19(38)16-14(21(11)43-28(29,30)31)17-9(8-34-16)4-5-35(17)2/h9-10,12,15,17,23,32,34,38,42H,3-8H2,1-2H3,(H2,33,41). The number of ketones is 3. The van der Waals surface area contributed by atoms with Crippen LogP contribution in [0.1, 0.15) is 47.3 Å². The summed E-state index contributed by atoms with van der Waals surface area (Å²) in [7, 11) is 1.76. The second kappa shape index (κ2) is 8.54. The number of hydrogen-bond donors (Lipinski definition) is 5. The number of aliphatic hydroxyl groups is 1. The SMILES string of the molecule is CCN1C2C(=O)C(C(N)=O)C(=N)C3(O)C(=O)C4C(=O)c5c(O)c6c(c(OC(F)(F)F)c5CC4CC213)C1C(CCN1C)CN6. The minimum atomic E-state index is -5.14. The lowest BCUT2D eigenvalue weighted by atomic mass is 9.53. The van der Waals surface area contributed by atoms with Crippen molar-refractivity contribution in [3.63, 3.8) is 0 Å². The van der Waals surface area contributed by atoms with Gasteiger partial charge < -0.3 is 31.4 Å². The lowest BCUT2D eigenvalue weighted by molar-refractivity contribution is -0.275. The third-order valence-electron chi connectivity index (χ3n) is 10.8. The molecule has 9 unspecified atom stereocenters. The number of aromatic hydroxyl groups is 1. The van der Waals surface area contributed by atoms with Crippen LogP contribution in [-0.4, -0.2) is 99.2 Å². The zero-order valence-corrected chi connectivity index (χ0v) is 23.2. The number of hydrogen-bond acceptors (Lipinski definition) is 11. The number of alkyl halides is 3. The molecule has 1 amide bonds. The van der Waals surface area contributed by atoms with Crippen LogP contribution in [0.15, 0.2) is 0 Å². The Hall–Kier alpha value is -3.56. The number of halogens is 3. The summed E-state index contributed by atoms with van der Waals surface area (Å²) in [5.74, 6) is -9.90. The first-order chi connectivity index (χ1) is 20.1. The van der Waals surface area contributed by atoms with Crippen LogP contribution in [0, 0.1) is 29.1 Å². The number of carbonyl (C=O) groups is 4. The van der Waals surface area contributed by atoms with Gasteiger partial charge in [-0.25, -0.2) is 0 Å². The number of amides is 1. The van der Waals surface area contributed by atoms with Gasteiger partial charge in [0, 0.05) is 23.7 Å². The number of nitrogens with zero attached hydrogens (tertiary/aromatic N) is 2. The van der Waals surface area contributed by atoms with E-state index in [0.29, 0.717) is 19.5 Å². The van der Waals surface area contributed by atoms with E-state index < -0.39 is 93.4 Å². The maximum absolute atomic E-state index is 14.2. The molecule has 6 N–H and O–H groups in total. The fourth-order valence-corrected chi connectivity index (χ4v) is 9.16. The molecule has 0 radical (unpaired) electrons. The van der Waals surface area contributed by atoms with Gasteiger partial charge in [-0.2, -0.15) is 0 Å². The Labute approximate surface area is 242 Å². The highest BCUT2D eigenvalue weighted by Crippen LogP contribution is 2.64. The van der Waals surface area contributed by atoms with Gasteiger partial charge in [-0.15, -0.1) is 13.2 Å². The highest BCUT2D eigenvalue weighted by atomic mass is 19.4. The average molecular weight is 606 g/mol. The first kappa shape index (κ1) is 28.2. The normalized spacial score (nSPS) is 39.5. The molecule has 0 aromatic heterocycles. The molecular weight excluding hydrogens is 575 g/mol. The maximum Gasteiger partial charge on any atom is 0.573 e. The number of ether oxygens (including phenoxy) is 1. The number of fused-ring (bicyclic) bond motifs is 5. The number of phenolic OH excluding ortho intramolecular Hbond substituents is 1. The molecule has 6 aliphatic rings. The van der Waals surface area contributed by atoms with Crippen molar-refractivity contribution in [3.8, 4) is 11.5 Å². The topological polar surface area (TPSA) is 186 Å². The summed E-state index contributed by atoms with van der Waals surface area (Å²) < 4.78 is 46.5. The number of likely N-dealkylation sites (tertiary alicyclic amines) is 2. The first-order valence-corrected chi connectivity index (χ1v) is 14.2. The molecule has 9 atom stereocenters. The minimum absolute atomic E-state index is 0.0782. The van der Waals surface area contributed by atoms with E-state index in [2.05, 4.69) is 10.1 Å². The third-order valence-corrected chi connectivity index (χ3v) is 10.8. The number of Topliss-reactive ketones (excluding diaryl/α,β-unsaturated/α-hetero) is 3. The number of nitrogens with two attached hydrogens (primary N) is 1. The second-order valence-corrected chi connectivity index (χ2v) is 12.6. The number of phenols is 1. The molecule has 2 saturated heterocycles. The molecule has 1 spiro atoms. The number of likely N-dealkylation sites (N-methyl/N-ethyl adjacent to an activating group) is 1. The Morgan fingerprint density at radius 1 is 1.26 bits per heavy atom. The van der Waals surface area contributed by atoms with Gasteiger partial charge in [0.15, 0.2) is 23.0 Å². The predicted molar refractivity (Wildman–Crippen MR) is 141 cm³/mol. The summed E-state index contributed by atoms with van der Waals surface area (Å²) in [6.07, 6.45) is -4.94. The molecule has 4 fully saturated rings. The molecule has 7 rings (SSSR count). The zero-order valence-electron chi connectivity index (χ0n) is 23.2. The van der Waals surface area contributed by atoms with Crippen LogP contribution in [0.5, 0.6) is 11.5 Å². The van der Waals surface area contributed by atoms with Crippen LogP contribution in [-0.2, 0) is 20.8 Å². The highest BCUT2D eigenvalue weighted by Gasteiger charge is 2.85. The van der Waals surface area contributed by atoms with Gasteiger partial charge in [-0.1, -0.05) is 6.92 Å². The summed E-state index contributed by atoms with van der Waals surface area (Å²) in [6.45, 7) is 2.72. The Bertz CT molecular complexity index is 1560. The van der Waals surface area contributed by atoms with Crippen LogP contribution >= 0.6 is 0 Å². The lowest BCUT2D eigenvalue weighted by Gasteiger charge is -2.50. The fourth-order valence-electron chi connectivity index (χ4n) is 9.16. The van der Waals surface area contributed by atoms with Crippen molar-refractivity contribution in [2.75, 3.05) is 32.0 Å². The molecule has 1 aromatic rings. The zero-order chi connectivity index (χ0) is 31.1. The molecule has 1 aromatic carbocycles. The fraction of sp³-hybridized carbons (Fsp3) is 0.607. The van der Waals surface area contributed by atoms with Gasteiger partial charge in [0.05, 0.1) is 34.5 Å². The first-order valence-electron chi connectivity index (χ1n) is 14.2. The number of primary amides is 1. The van der Waals surface area contributed by atoms with Crippen LogP contribution in [0.3, 0.4) is 0 Å². The summed E-state index contributed by atoms with van der Waals surface area (Å²) in [4.78, 5) is 57.2. The van der Waals surface area contributed by atoms with Crippen LogP contribution < -0.4 is 15.8 Å². The molecule has 3 aliphatic carbocycles. The van der Waals surface area contributed by atoms with E-state index in [1.807, 2.05) is 4.90 Å². The van der Waals surface area contributed by atoms with E-state index >= 15 is 0 Å². The number of rotatable bonds is 3. The number of nitrogens with one attached hydrogen (secondary N) is 2. The van der Waals surface area contributed by atoms with Crippen molar-refractivity contribution in [2.24, 2.45) is 29.4 Å². The maximum atomic E-state index is 14.2. The van der Waals surface area contributed by atoms with Crippen LogP contribution in [0.25, 0.3) is 0 Å². The predicted octanol–water partition coefficient (Wildman–Crippen LogP) is 0.531. The lowest BCUT2D eigenvalue weighted by Crippen LogP contribution is -2.73. The monoisotopic (exact) mass is 605 g/mol. The molecule has 43 heavy (non-hydrogen) atoms. The van der Waals surface area contributed by atoms with Crippen molar-refractivity contribution in [1.82, 2.24) is 9.80 Å². The number of anilines is 1. The second-order valence-electron chi connectivity index (χ2n) is 12.6. The Morgan fingerprint density at radius 3 is 2.58 bits per heavy atom. The van der Waals surface area contributed by atoms with E-state index in [4.69, 9.17) is 11.1 Å². The molecule has 15 heteroatoms.